The maximum absolute atomic E-state index is 6.01. The standard InChI is InChI=1S/C10H14Cl2N4/c1-6-3-4-7(2)16(5-6)9-8(11)14-15-10(12)13-9/h6-7H,3-5H2,1-2H3. The van der Waals surface area contributed by atoms with Crippen molar-refractivity contribution in [3.8, 4) is 0 Å². The third kappa shape index (κ3) is 2.38. The molecule has 1 fully saturated rings. The monoisotopic (exact) mass is 260 g/mol. The molecule has 2 rings (SSSR count). The fourth-order valence-corrected chi connectivity index (χ4v) is 2.36. The molecule has 2 heterocycles. The lowest BCUT2D eigenvalue weighted by Gasteiger charge is -2.37. The van der Waals surface area contributed by atoms with E-state index in [0.29, 0.717) is 22.9 Å². The first-order valence-electron chi connectivity index (χ1n) is 5.40. The number of aromatic nitrogens is 3. The summed E-state index contributed by atoms with van der Waals surface area (Å²) in [7, 11) is 0. The molecule has 1 saturated heterocycles. The molecular weight excluding hydrogens is 247 g/mol. The average Bonchev–Trinajstić information content (AvgIpc) is 2.25. The van der Waals surface area contributed by atoms with Gasteiger partial charge in [0.05, 0.1) is 0 Å². The molecule has 0 spiro atoms. The molecule has 4 nitrogen and oxygen atoms in total. The van der Waals surface area contributed by atoms with Crippen LogP contribution in [0.3, 0.4) is 0 Å². The summed E-state index contributed by atoms with van der Waals surface area (Å²) in [5.41, 5.74) is 0. The summed E-state index contributed by atoms with van der Waals surface area (Å²) in [5.74, 6) is 1.29. The molecule has 6 heteroatoms. The van der Waals surface area contributed by atoms with Crippen molar-refractivity contribution in [3.05, 3.63) is 10.4 Å². The number of hydrogen-bond acceptors (Lipinski definition) is 4. The van der Waals surface area contributed by atoms with Crippen molar-refractivity contribution in [1.29, 1.82) is 0 Å². The molecule has 0 saturated carbocycles. The average molecular weight is 261 g/mol. The van der Waals surface area contributed by atoms with E-state index in [2.05, 4.69) is 33.9 Å². The van der Waals surface area contributed by atoms with Gasteiger partial charge in [-0.15, -0.1) is 10.2 Å². The van der Waals surface area contributed by atoms with Gasteiger partial charge in [-0.1, -0.05) is 18.5 Å². The first-order valence-corrected chi connectivity index (χ1v) is 6.16. The Morgan fingerprint density at radius 1 is 1.19 bits per heavy atom. The smallest absolute Gasteiger partial charge is 0.245 e. The number of halogens is 2. The van der Waals surface area contributed by atoms with Crippen LogP contribution >= 0.6 is 23.2 Å². The number of rotatable bonds is 1. The summed E-state index contributed by atoms with van der Waals surface area (Å²) in [6.07, 6.45) is 2.38. The van der Waals surface area contributed by atoms with Gasteiger partial charge in [-0.25, -0.2) is 0 Å². The van der Waals surface area contributed by atoms with Crippen molar-refractivity contribution in [3.63, 3.8) is 0 Å². The summed E-state index contributed by atoms with van der Waals surface area (Å²) in [6.45, 7) is 5.33. The molecule has 1 aliphatic rings. The van der Waals surface area contributed by atoms with Crippen LogP contribution < -0.4 is 4.90 Å². The zero-order valence-electron chi connectivity index (χ0n) is 9.32. The minimum absolute atomic E-state index is 0.143. The number of hydrogen-bond donors (Lipinski definition) is 0. The molecule has 0 aliphatic carbocycles. The van der Waals surface area contributed by atoms with Crippen molar-refractivity contribution in [2.24, 2.45) is 5.92 Å². The molecule has 0 amide bonds. The largest absolute Gasteiger partial charge is 0.351 e. The van der Waals surface area contributed by atoms with Crippen LogP contribution in [0.1, 0.15) is 26.7 Å². The number of nitrogens with zero attached hydrogens (tertiary/aromatic N) is 4. The molecule has 1 aromatic heterocycles. The Morgan fingerprint density at radius 3 is 2.69 bits per heavy atom. The zero-order chi connectivity index (χ0) is 11.7. The van der Waals surface area contributed by atoms with Crippen LogP contribution in [-0.2, 0) is 0 Å². The molecule has 2 unspecified atom stereocenters. The Labute approximate surface area is 105 Å². The van der Waals surface area contributed by atoms with Crippen molar-refractivity contribution in [2.75, 3.05) is 11.4 Å². The van der Waals surface area contributed by atoms with Gasteiger partial charge >= 0.3 is 0 Å². The summed E-state index contributed by atoms with van der Waals surface area (Å²) in [4.78, 5) is 6.33. The van der Waals surface area contributed by atoms with Gasteiger partial charge < -0.3 is 4.90 Å². The molecule has 0 N–H and O–H groups in total. The van der Waals surface area contributed by atoms with E-state index in [1.54, 1.807) is 0 Å². The lowest BCUT2D eigenvalue weighted by Crippen LogP contribution is -2.41. The predicted molar refractivity (Wildman–Crippen MR) is 65.1 cm³/mol. The second-order valence-electron chi connectivity index (χ2n) is 4.38. The third-order valence-corrected chi connectivity index (χ3v) is 3.40. The molecule has 0 radical (unpaired) electrons. The zero-order valence-corrected chi connectivity index (χ0v) is 10.8. The van der Waals surface area contributed by atoms with Crippen LogP contribution in [0.4, 0.5) is 5.82 Å². The van der Waals surface area contributed by atoms with Gasteiger partial charge in [-0.3, -0.25) is 0 Å². The Hall–Kier alpha value is -0.610. The molecule has 0 aromatic carbocycles. The van der Waals surface area contributed by atoms with Crippen LogP contribution in [0.25, 0.3) is 0 Å². The number of piperidine rings is 1. The van der Waals surface area contributed by atoms with Crippen molar-refractivity contribution in [2.45, 2.75) is 32.7 Å². The third-order valence-electron chi connectivity index (χ3n) is 2.99. The lowest BCUT2D eigenvalue weighted by atomic mass is 9.95. The Balaban J connectivity index is 2.30. The summed E-state index contributed by atoms with van der Waals surface area (Å²) >= 11 is 11.8. The predicted octanol–water partition coefficient (Wildman–Crippen LogP) is 2.80. The quantitative estimate of drug-likeness (QED) is 0.779. The van der Waals surface area contributed by atoms with E-state index in [9.17, 15) is 0 Å². The highest BCUT2D eigenvalue weighted by atomic mass is 35.5. The fraction of sp³-hybridized carbons (Fsp3) is 0.700. The lowest BCUT2D eigenvalue weighted by molar-refractivity contribution is 0.387. The fourth-order valence-electron chi connectivity index (χ4n) is 2.05. The van der Waals surface area contributed by atoms with Crippen molar-refractivity contribution in [1.82, 2.24) is 15.2 Å². The topological polar surface area (TPSA) is 41.9 Å². The van der Waals surface area contributed by atoms with Crippen LogP contribution in [0.15, 0.2) is 0 Å². The molecule has 16 heavy (non-hydrogen) atoms. The highest BCUT2D eigenvalue weighted by Crippen LogP contribution is 2.30. The summed E-state index contributed by atoms with van der Waals surface area (Å²) < 4.78 is 0. The molecule has 2 atom stereocenters. The van der Waals surface area contributed by atoms with E-state index < -0.39 is 0 Å². The van der Waals surface area contributed by atoms with E-state index in [1.165, 1.54) is 6.42 Å². The van der Waals surface area contributed by atoms with Crippen molar-refractivity contribution >= 4 is 29.0 Å². The highest BCUT2D eigenvalue weighted by molar-refractivity contribution is 6.32. The van der Waals surface area contributed by atoms with Gasteiger partial charge in [0.15, 0.2) is 11.0 Å². The Morgan fingerprint density at radius 2 is 1.94 bits per heavy atom. The van der Waals surface area contributed by atoms with Crippen LogP contribution in [0.2, 0.25) is 10.4 Å². The summed E-state index contributed by atoms with van der Waals surface area (Å²) in [6, 6.07) is 0.418. The second-order valence-corrected chi connectivity index (χ2v) is 5.08. The normalized spacial score (nSPS) is 25.9. The van der Waals surface area contributed by atoms with Gasteiger partial charge in [-0.2, -0.15) is 4.98 Å². The molecular formula is C10H14Cl2N4. The molecule has 88 valence electrons. The van der Waals surface area contributed by atoms with Gasteiger partial charge in [0, 0.05) is 12.6 Å². The number of anilines is 1. The van der Waals surface area contributed by atoms with E-state index in [0.717, 1.165) is 13.0 Å². The Bertz CT molecular complexity index is 385. The van der Waals surface area contributed by atoms with Gasteiger partial charge in [0.2, 0.25) is 5.28 Å². The van der Waals surface area contributed by atoms with Gasteiger partial charge in [0.25, 0.3) is 0 Å². The molecule has 1 aliphatic heterocycles. The maximum Gasteiger partial charge on any atom is 0.245 e. The highest BCUT2D eigenvalue weighted by Gasteiger charge is 2.26. The van der Waals surface area contributed by atoms with Crippen LogP contribution in [0, 0.1) is 5.92 Å². The minimum atomic E-state index is 0.143. The first kappa shape index (κ1) is 11.9. The minimum Gasteiger partial charge on any atom is -0.351 e. The van der Waals surface area contributed by atoms with Gasteiger partial charge in [0.1, 0.15) is 0 Å². The molecule has 1 aromatic rings. The second kappa shape index (κ2) is 4.72. The Kier molecular flexibility index (Phi) is 3.50. The van der Waals surface area contributed by atoms with Crippen molar-refractivity contribution < 1.29 is 0 Å². The molecule has 0 bridgehead atoms. The SMILES string of the molecule is CC1CCC(C)N(c2nc(Cl)nnc2Cl)C1. The van der Waals surface area contributed by atoms with Gasteiger partial charge in [-0.05, 0) is 37.3 Å². The van der Waals surface area contributed by atoms with Crippen LogP contribution in [-0.4, -0.2) is 27.8 Å². The van der Waals surface area contributed by atoms with E-state index in [4.69, 9.17) is 23.2 Å². The maximum atomic E-state index is 6.01. The van der Waals surface area contributed by atoms with E-state index in [1.807, 2.05) is 0 Å². The first-order chi connectivity index (χ1) is 7.58. The summed E-state index contributed by atoms with van der Waals surface area (Å²) in [5, 5.41) is 7.88. The van der Waals surface area contributed by atoms with Crippen LogP contribution in [0.5, 0.6) is 0 Å². The van der Waals surface area contributed by atoms with E-state index >= 15 is 0 Å². The van der Waals surface area contributed by atoms with E-state index in [-0.39, 0.29) is 5.28 Å².